The number of nitriles is 1. The van der Waals surface area contributed by atoms with Crippen molar-refractivity contribution in [2.75, 3.05) is 34.4 Å². The standard InChI is InChI=1S/C20H22N2O4/c1-22(11-10-15-6-9-18(24-2)19(12-15)25-3)20(23)14-26-17-7-4-16(13-21)5-8-17/h4-9,12H,10-11,14H2,1-3H3. The van der Waals surface area contributed by atoms with Gasteiger partial charge in [-0.3, -0.25) is 4.79 Å². The SMILES string of the molecule is COc1ccc(CCN(C)C(=O)COc2ccc(C#N)cc2)cc1OC. The summed E-state index contributed by atoms with van der Waals surface area (Å²) in [6.45, 7) is 0.513. The first kappa shape index (κ1) is 19.1. The molecule has 6 heteroatoms. The third-order valence-corrected chi connectivity index (χ3v) is 3.96. The highest BCUT2D eigenvalue weighted by Gasteiger charge is 2.11. The molecule has 0 radical (unpaired) electrons. The smallest absolute Gasteiger partial charge is 0.260 e. The maximum absolute atomic E-state index is 12.2. The first-order valence-corrected chi connectivity index (χ1v) is 8.15. The summed E-state index contributed by atoms with van der Waals surface area (Å²) >= 11 is 0. The number of hydrogen-bond donors (Lipinski definition) is 0. The molecule has 0 atom stereocenters. The molecule has 0 bridgehead atoms. The number of likely N-dealkylation sites (N-methyl/N-ethyl adjacent to an activating group) is 1. The highest BCUT2D eigenvalue weighted by atomic mass is 16.5. The van der Waals surface area contributed by atoms with E-state index >= 15 is 0 Å². The summed E-state index contributed by atoms with van der Waals surface area (Å²) in [5.41, 5.74) is 1.60. The van der Waals surface area contributed by atoms with Crippen LogP contribution in [0, 0.1) is 11.3 Å². The lowest BCUT2D eigenvalue weighted by Crippen LogP contribution is -2.33. The summed E-state index contributed by atoms with van der Waals surface area (Å²) in [6.07, 6.45) is 0.694. The van der Waals surface area contributed by atoms with Crippen molar-refractivity contribution in [1.82, 2.24) is 4.90 Å². The Bertz CT molecular complexity index is 781. The lowest BCUT2D eigenvalue weighted by molar-refractivity contribution is -0.132. The molecule has 0 fully saturated rings. The minimum atomic E-state index is -0.116. The molecule has 1 amide bonds. The van der Waals surface area contributed by atoms with Crippen molar-refractivity contribution in [2.45, 2.75) is 6.42 Å². The van der Waals surface area contributed by atoms with Crippen molar-refractivity contribution < 1.29 is 19.0 Å². The van der Waals surface area contributed by atoms with Crippen molar-refractivity contribution in [1.29, 1.82) is 5.26 Å². The molecule has 0 N–H and O–H groups in total. The van der Waals surface area contributed by atoms with E-state index in [4.69, 9.17) is 19.5 Å². The van der Waals surface area contributed by atoms with E-state index in [-0.39, 0.29) is 12.5 Å². The number of ether oxygens (including phenoxy) is 3. The maximum atomic E-state index is 12.2. The summed E-state index contributed by atoms with van der Waals surface area (Å²) in [7, 11) is 4.93. The molecular formula is C20H22N2O4. The van der Waals surface area contributed by atoms with Crippen LogP contribution < -0.4 is 14.2 Å². The van der Waals surface area contributed by atoms with Gasteiger partial charge in [-0.1, -0.05) is 6.07 Å². The molecule has 6 nitrogen and oxygen atoms in total. The zero-order valence-corrected chi connectivity index (χ0v) is 15.2. The van der Waals surface area contributed by atoms with Crippen LogP contribution in [0.2, 0.25) is 0 Å². The number of benzene rings is 2. The molecule has 0 heterocycles. The number of amides is 1. The summed E-state index contributed by atoms with van der Waals surface area (Å²) in [5, 5.41) is 8.77. The second-order valence-corrected chi connectivity index (χ2v) is 5.68. The van der Waals surface area contributed by atoms with Gasteiger partial charge < -0.3 is 19.1 Å². The van der Waals surface area contributed by atoms with E-state index < -0.39 is 0 Å². The van der Waals surface area contributed by atoms with Gasteiger partial charge in [-0.05, 0) is 48.4 Å². The zero-order valence-electron chi connectivity index (χ0n) is 15.2. The number of hydrogen-bond acceptors (Lipinski definition) is 5. The Balaban J connectivity index is 1.84. The number of nitrogens with zero attached hydrogens (tertiary/aromatic N) is 2. The van der Waals surface area contributed by atoms with E-state index in [1.54, 1.807) is 50.4 Å². The fourth-order valence-electron chi connectivity index (χ4n) is 2.34. The Hall–Kier alpha value is -3.20. The van der Waals surface area contributed by atoms with E-state index in [9.17, 15) is 4.79 Å². The first-order valence-electron chi connectivity index (χ1n) is 8.15. The van der Waals surface area contributed by atoms with Crippen molar-refractivity contribution in [2.24, 2.45) is 0 Å². The van der Waals surface area contributed by atoms with Gasteiger partial charge in [0.25, 0.3) is 5.91 Å². The van der Waals surface area contributed by atoms with Gasteiger partial charge >= 0.3 is 0 Å². The van der Waals surface area contributed by atoms with E-state index in [1.807, 2.05) is 24.3 Å². The first-order chi connectivity index (χ1) is 12.6. The van der Waals surface area contributed by atoms with Crippen LogP contribution in [-0.2, 0) is 11.2 Å². The highest BCUT2D eigenvalue weighted by Crippen LogP contribution is 2.27. The van der Waals surface area contributed by atoms with Gasteiger partial charge in [0, 0.05) is 13.6 Å². The third-order valence-electron chi connectivity index (χ3n) is 3.96. The minimum Gasteiger partial charge on any atom is -0.493 e. The number of rotatable bonds is 8. The van der Waals surface area contributed by atoms with Gasteiger partial charge in [-0.25, -0.2) is 0 Å². The Morgan fingerprint density at radius 3 is 2.38 bits per heavy atom. The molecule has 2 rings (SSSR count). The predicted molar refractivity (Wildman–Crippen MR) is 97.5 cm³/mol. The average Bonchev–Trinajstić information content (AvgIpc) is 2.70. The van der Waals surface area contributed by atoms with Gasteiger partial charge in [0.1, 0.15) is 5.75 Å². The van der Waals surface area contributed by atoms with Crippen LogP contribution in [0.4, 0.5) is 0 Å². The molecule has 0 aliphatic heterocycles. The molecule has 2 aromatic carbocycles. The Labute approximate surface area is 153 Å². The van der Waals surface area contributed by atoms with Gasteiger partial charge in [0.15, 0.2) is 18.1 Å². The van der Waals surface area contributed by atoms with Crippen molar-refractivity contribution >= 4 is 5.91 Å². The molecule has 0 saturated carbocycles. The largest absolute Gasteiger partial charge is 0.493 e. The van der Waals surface area contributed by atoms with Crippen LogP contribution >= 0.6 is 0 Å². The minimum absolute atomic E-state index is 0.0473. The van der Waals surface area contributed by atoms with Crippen LogP contribution in [0.15, 0.2) is 42.5 Å². The fraction of sp³-hybridized carbons (Fsp3) is 0.300. The maximum Gasteiger partial charge on any atom is 0.260 e. The summed E-state index contributed by atoms with van der Waals surface area (Å²) in [5.74, 6) is 1.79. The Kier molecular flexibility index (Phi) is 6.86. The highest BCUT2D eigenvalue weighted by molar-refractivity contribution is 5.77. The zero-order chi connectivity index (χ0) is 18.9. The molecule has 0 spiro atoms. The lowest BCUT2D eigenvalue weighted by Gasteiger charge is -2.18. The van der Waals surface area contributed by atoms with E-state index in [0.717, 1.165) is 5.56 Å². The summed E-state index contributed by atoms with van der Waals surface area (Å²) in [4.78, 5) is 13.8. The molecule has 136 valence electrons. The second kappa shape index (κ2) is 9.33. The summed E-state index contributed by atoms with van der Waals surface area (Å²) in [6, 6.07) is 14.4. The van der Waals surface area contributed by atoms with Crippen molar-refractivity contribution in [3.63, 3.8) is 0 Å². The molecule has 0 aliphatic rings. The molecule has 0 unspecified atom stereocenters. The van der Waals surface area contributed by atoms with Crippen molar-refractivity contribution in [3.05, 3.63) is 53.6 Å². The van der Waals surface area contributed by atoms with E-state index in [2.05, 4.69) is 0 Å². The van der Waals surface area contributed by atoms with Crippen LogP contribution in [0.5, 0.6) is 17.2 Å². The Morgan fingerprint density at radius 1 is 1.08 bits per heavy atom. The third kappa shape index (κ3) is 5.15. The second-order valence-electron chi connectivity index (χ2n) is 5.68. The van der Waals surface area contributed by atoms with Crippen LogP contribution in [0.25, 0.3) is 0 Å². The fourth-order valence-corrected chi connectivity index (χ4v) is 2.34. The van der Waals surface area contributed by atoms with E-state index in [1.165, 1.54) is 0 Å². The monoisotopic (exact) mass is 354 g/mol. The van der Waals surface area contributed by atoms with Crippen LogP contribution in [0.1, 0.15) is 11.1 Å². The van der Waals surface area contributed by atoms with Crippen LogP contribution in [-0.4, -0.2) is 45.2 Å². The number of carbonyl (C=O) groups excluding carboxylic acids is 1. The van der Waals surface area contributed by atoms with Gasteiger partial charge in [-0.2, -0.15) is 5.26 Å². The molecular weight excluding hydrogens is 332 g/mol. The number of methoxy groups -OCH3 is 2. The van der Waals surface area contributed by atoms with Crippen molar-refractivity contribution in [3.8, 4) is 23.3 Å². The molecule has 26 heavy (non-hydrogen) atoms. The van der Waals surface area contributed by atoms with Crippen LogP contribution in [0.3, 0.4) is 0 Å². The topological polar surface area (TPSA) is 71.8 Å². The number of carbonyl (C=O) groups is 1. The predicted octanol–water partition coefficient (Wildman–Crippen LogP) is 2.66. The molecule has 0 aliphatic carbocycles. The van der Waals surface area contributed by atoms with Gasteiger partial charge in [0.05, 0.1) is 25.9 Å². The Morgan fingerprint density at radius 2 is 1.77 bits per heavy atom. The normalized spacial score (nSPS) is 9.92. The molecule has 0 aromatic heterocycles. The summed E-state index contributed by atoms with van der Waals surface area (Å²) < 4.78 is 16.0. The molecule has 2 aromatic rings. The lowest BCUT2D eigenvalue weighted by atomic mass is 10.1. The molecule has 0 saturated heterocycles. The van der Waals surface area contributed by atoms with Gasteiger partial charge in [0.2, 0.25) is 0 Å². The van der Waals surface area contributed by atoms with E-state index in [0.29, 0.717) is 35.8 Å². The average molecular weight is 354 g/mol. The van der Waals surface area contributed by atoms with Gasteiger partial charge in [-0.15, -0.1) is 0 Å². The quantitative estimate of drug-likeness (QED) is 0.729.